The summed E-state index contributed by atoms with van der Waals surface area (Å²) in [4.78, 5) is 15.6. The largest absolute Gasteiger partial charge is 0.497 e. The maximum Gasteiger partial charge on any atom is 0.246 e. The summed E-state index contributed by atoms with van der Waals surface area (Å²) in [5, 5.41) is 3.36. The van der Waals surface area contributed by atoms with Gasteiger partial charge in [0.2, 0.25) is 5.88 Å². The highest BCUT2D eigenvalue weighted by molar-refractivity contribution is 5.61. The van der Waals surface area contributed by atoms with Crippen LogP contribution in [0, 0.1) is 0 Å². The van der Waals surface area contributed by atoms with Crippen molar-refractivity contribution in [3.8, 4) is 28.8 Å². The average molecular weight is 363 g/mol. The zero-order chi connectivity index (χ0) is 18.5. The molecule has 0 saturated carbocycles. The Morgan fingerprint density at radius 3 is 2.48 bits per heavy atom. The van der Waals surface area contributed by atoms with E-state index in [9.17, 15) is 0 Å². The highest BCUT2D eigenvalue weighted by atomic mass is 16.5. The third kappa shape index (κ3) is 3.98. The molecule has 0 bridgehead atoms. The number of benzene rings is 1. The number of nitrogens with one attached hydrogen (secondary N) is 1. The summed E-state index contributed by atoms with van der Waals surface area (Å²) in [5.74, 6) is 2.60. The molecular formula is C20H21N5O2. The van der Waals surface area contributed by atoms with Gasteiger partial charge in [0.25, 0.3) is 0 Å². The predicted octanol–water partition coefficient (Wildman–Crippen LogP) is 2.75. The average Bonchev–Trinajstić information content (AvgIpc) is 2.75. The van der Waals surface area contributed by atoms with Gasteiger partial charge in [-0.15, -0.1) is 0 Å². The lowest BCUT2D eigenvalue weighted by Crippen LogP contribution is -2.43. The molecule has 2 aromatic heterocycles. The van der Waals surface area contributed by atoms with Crippen LogP contribution in [0.2, 0.25) is 0 Å². The Bertz CT molecular complexity index is 881. The zero-order valence-electron chi connectivity index (χ0n) is 15.1. The molecule has 0 aliphatic carbocycles. The second-order valence-corrected chi connectivity index (χ2v) is 6.14. The van der Waals surface area contributed by atoms with Gasteiger partial charge in [0.05, 0.1) is 13.3 Å². The molecule has 138 valence electrons. The third-order valence-electron chi connectivity index (χ3n) is 4.39. The predicted molar refractivity (Wildman–Crippen MR) is 103 cm³/mol. The fourth-order valence-corrected chi connectivity index (χ4v) is 2.95. The van der Waals surface area contributed by atoms with Crippen molar-refractivity contribution in [2.75, 3.05) is 38.2 Å². The Labute approximate surface area is 158 Å². The van der Waals surface area contributed by atoms with Crippen molar-refractivity contribution in [3.05, 3.63) is 55.0 Å². The van der Waals surface area contributed by atoms with Gasteiger partial charge in [-0.25, -0.2) is 4.98 Å². The van der Waals surface area contributed by atoms with Gasteiger partial charge in [0.1, 0.15) is 17.2 Å². The second kappa shape index (κ2) is 8.01. The van der Waals surface area contributed by atoms with Gasteiger partial charge >= 0.3 is 0 Å². The smallest absolute Gasteiger partial charge is 0.246 e. The molecule has 0 amide bonds. The van der Waals surface area contributed by atoms with E-state index in [1.807, 2.05) is 42.6 Å². The van der Waals surface area contributed by atoms with Crippen LogP contribution in [0.1, 0.15) is 0 Å². The lowest BCUT2D eigenvalue weighted by atomic mass is 10.2. The number of hydrogen-bond acceptors (Lipinski definition) is 7. The number of pyridine rings is 1. The molecule has 1 N–H and O–H groups in total. The molecule has 0 unspecified atom stereocenters. The number of rotatable bonds is 5. The van der Waals surface area contributed by atoms with Crippen molar-refractivity contribution in [3.63, 3.8) is 0 Å². The van der Waals surface area contributed by atoms with E-state index in [0.29, 0.717) is 17.5 Å². The lowest BCUT2D eigenvalue weighted by molar-refractivity contribution is 0.412. The molecule has 4 rings (SSSR count). The number of piperazine rings is 1. The zero-order valence-corrected chi connectivity index (χ0v) is 15.1. The molecule has 1 aliphatic rings. The minimum atomic E-state index is 0.538. The SMILES string of the molecule is COc1ccc(Oc2nc(-c3cccnc3)ncc2N2CCNCC2)cc1. The first-order chi connectivity index (χ1) is 13.3. The molecule has 7 heteroatoms. The molecule has 0 radical (unpaired) electrons. The van der Waals surface area contributed by atoms with Crippen molar-refractivity contribution in [1.29, 1.82) is 0 Å². The van der Waals surface area contributed by atoms with Crippen LogP contribution in [0.5, 0.6) is 17.4 Å². The lowest BCUT2D eigenvalue weighted by Gasteiger charge is -2.30. The Morgan fingerprint density at radius 2 is 1.78 bits per heavy atom. The van der Waals surface area contributed by atoms with Crippen LogP contribution < -0.4 is 19.7 Å². The molecule has 1 aliphatic heterocycles. The van der Waals surface area contributed by atoms with Gasteiger partial charge in [-0.1, -0.05) is 0 Å². The highest BCUT2D eigenvalue weighted by Crippen LogP contribution is 2.32. The van der Waals surface area contributed by atoms with E-state index in [2.05, 4.69) is 25.2 Å². The molecule has 7 nitrogen and oxygen atoms in total. The summed E-state index contributed by atoms with van der Waals surface area (Å²) in [6.07, 6.45) is 5.31. The first kappa shape index (κ1) is 17.2. The molecule has 1 fully saturated rings. The summed E-state index contributed by atoms with van der Waals surface area (Å²) >= 11 is 0. The summed E-state index contributed by atoms with van der Waals surface area (Å²) in [5.41, 5.74) is 1.74. The van der Waals surface area contributed by atoms with Gasteiger partial charge in [-0.2, -0.15) is 4.98 Å². The van der Waals surface area contributed by atoms with Crippen molar-refractivity contribution in [1.82, 2.24) is 20.3 Å². The number of methoxy groups -OCH3 is 1. The number of ether oxygens (including phenoxy) is 2. The van der Waals surface area contributed by atoms with Gasteiger partial charge < -0.3 is 19.7 Å². The van der Waals surface area contributed by atoms with Crippen molar-refractivity contribution in [2.45, 2.75) is 0 Å². The minimum absolute atomic E-state index is 0.538. The first-order valence-electron chi connectivity index (χ1n) is 8.88. The van der Waals surface area contributed by atoms with Crippen molar-refractivity contribution in [2.24, 2.45) is 0 Å². The van der Waals surface area contributed by atoms with Crippen LogP contribution >= 0.6 is 0 Å². The molecule has 1 aromatic carbocycles. The summed E-state index contributed by atoms with van der Waals surface area (Å²) in [7, 11) is 1.64. The third-order valence-corrected chi connectivity index (χ3v) is 4.39. The first-order valence-corrected chi connectivity index (χ1v) is 8.88. The fraction of sp³-hybridized carbons (Fsp3) is 0.250. The topological polar surface area (TPSA) is 72.4 Å². The Kier molecular flexibility index (Phi) is 5.11. The van der Waals surface area contributed by atoms with Crippen molar-refractivity contribution >= 4 is 5.69 Å². The normalized spacial score (nSPS) is 14.0. The van der Waals surface area contributed by atoms with Gasteiger partial charge in [0, 0.05) is 44.1 Å². The fourth-order valence-electron chi connectivity index (χ4n) is 2.95. The quantitative estimate of drug-likeness (QED) is 0.747. The van der Waals surface area contributed by atoms with Crippen LogP contribution in [0.15, 0.2) is 55.0 Å². The van der Waals surface area contributed by atoms with E-state index in [-0.39, 0.29) is 0 Å². The van der Waals surface area contributed by atoms with E-state index < -0.39 is 0 Å². The molecule has 1 saturated heterocycles. The van der Waals surface area contributed by atoms with Crippen LogP contribution in [0.25, 0.3) is 11.4 Å². The number of nitrogens with zero attached hydrogens (tertiary/aromatic N) is 4. The summed E-state index contributed by atoms with van der Waals surface area (Å²) < 4.78 is 11.3. The Hall–Kier alpha value is -3.19. The van der Waals surface area contributed by atoms with E-state index in [4.69, 9.17) is 9.47 Å². The molecule has 0 spiro atoms. The van der Waals surface area contributed by atoms with E-state index in [1.54, 1.807) is 19.5 Å². The van der Waals surface area contributed by atoms with Crippen LogP contribution in [0.3, 0.4) is 0 Å². The standard InChI is InChI=1S/C20H21N5O2/c1-26-16-4-6-17(7-5-16)27-20-18(25-11-9-21-10-12-25)14-23-19(24-20)15-3-2-8-22-13-15/h2-8,13-14,21H,9-12H2,1H3. The van der Waals surface area contributed by atoms with Gasteiger partial charge in [0.15, 0.2) is 5.82 Å². The maximum atomic E-state index is 6.14. The van der Waals surface area contributed by atoms with Crippen LogP contribution in [0.4, 0.5) is 5.69 Å². The second-order valence-electron chi connectivity index (χ2n) is 6.14. The summed E-state index contributed by atoms with van der Waals surface area (Å²) in [6, 6.07) is 11.3. The summed E-state index contributed by atoms with van der Waals surface area (Å²) in [6.45, 7) is 3.61. The maximum absolute atomic E-state index is 6.14. The number of anilines is 1. The van der Waals surface area contributed by atoms with Gasteiger partial charge in [-0.05, 0) is 36.4 Å². The van der Waals surface area contributed by atoms with Gasteiger partial charge in [-0.3, -0.25) is 4.98 Å². The van der Waals surface area contributed by atoms with Crippen LogP contribution in [-0.4, -0.2) is 48.2 Å². The molecule has 27 heavy (non-hydrogen) atoms. The highest BCUT2D eigenvalue weighted by Gasteiger charge is 2.19. The molecule has 0 atom stereocenters. The van der Waals surface area contributed by atoms with E-state index >= 15 is 0 Å². The van der Waals surface area contributed by atoms with E-state index in [0.717, 1.165) is 43.2 Å². The monoisotopic (exact) mass is 363 g/mol. The molecule has 3 aromatic rings. The van der Waals surface area contributed by atoms with Crippen molar-refractivity contribution < 1.29 is 9.47 Å². The van der Waals surface area contributed by atoms with E-state index in [1.165, 1.54) is 0 Å². The Balaban J connectivity index is 1.69. The Morgan fingerprint density at radius 1 is 1.00 bits per heavy atom. The number of aromatic nitrogens is 3. The number of hydrogen-bond donors (Lipinski definition) is 1. The minimum Gasteiger partial charge on any atom is -0.497 e. The molecule has 3 heterocycles. The van der Waals surface area contributed by atoms with Crippen LogP contribution in [-0.2, 0) is 0 Å². The molecular weight excluding hydrogens is 342 g/mol.